The van der Waals surface area contributed by atoms with Crippen LogP contribution in [0.2, 0.25) is 0 Å². The molecule has 0 spiro atoms. The lowest BCUT2D eigenvalue weighted by Crippen LogP contribution is -2.16. The smallest absolute Gasteiger partial charge is 0.142 e. The van der Waals surface area contributed by atoms with Gasteiger partial charge in [0.05, 0.1) is 12.8 Å². The minimum absolute atomic E-state index is 0.852. The summed E-state index contributed by atoms with van der Waals surface area (Å²) in [6, 6.07) is 27.4. The van der Waals surface area contributed by atoms with E-state index < -0.39 is 0 Å². The summed E-state index contributed by atoms with van der Waals surface area (Å²) < 4.78 is 5.66. The first-order valence-corrected chi connectivity index (χ1v) is 11.6. The topological polar surface area (TPSA) is 12.5 Å². The molecular formula is C30H35NO. The third-order valence-electron chi connectivity index (χ3n) is 5.77. The average molecular weight is 426 g/mol. The molecule has 0 aromatic heterocycles. The Kier molecular flexibility index (Phi) is 8.74. The lowest BCUT2D eigenvalue weighted by atomic mass is 10.0. The first-order chi connectivity index (χ1) is 15.6. The van der Waals surface area contributed by atoms with Crippen LogP contribution in [-0.4, -0.2) is 7.11 Å². The van der Waals surface area contributed by atoms with Crippen LogP contribution >= 0.6 is 0 Å². The van der Waals surface area contributed by atoms with Crippen molar-refractivity contribution in [2.45, 2.75) is 46.0 Å². The maximum absolute atomic E-state index is 5.66. The maximum Gasteiger partial charge on any atom is 0.142 e. The monoisotopic (exact) mass is 425 g/mol. The lowest BCUT2D eigenvalue weighted by Gasteiger charge is -2.26. The van der Waals surface area contributed by atoms with Crippen LogP contribution in [0.25, 0.3) is 16.7 Å². The van der Waals surface area contributed by atoms with Crippen LogP contribution in [0.1, 0.15) is 51.5 Å². The number of benzene rings is 3. The first-order valence-electron chi connectivity index (χ1n) is 11.6. The van der Waals surface area contributed by atoms with Crippen LogP contribution in [0.3, 0.4) is 0 Å². The van der Waals surface area contributed by atoms with Gasteiger partial charge in [0.25, 0.3) is 0 Å². The highest BCUT2D eigenvalue weighted by Crippen LogP contribution is 2.33. The van der Waals surface area contributed by atoms with Crippen molar-refractivity contribution in [1.29, 1.82) is 0 Å². The number of nitrogens with zero attached hydrogens (tertiary/aromatic N) is 1. The number of hydrogen-bond donors (Lipinski definition) is 0. The standard InChI is InChI=1S/C30H35NO/c1-5-6-7-9-14-25(3)31(29-17-12-13-18-30(29)32-4)23-24(2)26-19-21-28(22-20-26)27-15-10-8-11-16-27/h8,10-13,15-23H,3,5-7,9,14H2,1-2,4H3/b24-23+. The van der Waals surface area contributed by atoms with E-state index in [-0.39, 0.29) is 0 Å². The molecule has 0 N–H and O–H groups in total. The largest absolute Gasteiger partial charge is 0.495 e. The molecule has 0 saturated carbocycles. The zero-order valence-electron chi connectivity index (χ0n) is 19.7. The summed E-state index contributed by atoms with van der Waals surface area (Å²) in [5.74, 6) is 0.852. The highest BCUT2D eigenvalue weighted by molar-refractivity contribution is 5.74. The Labute approximate surface area is 193 Å². The van der Waals surface area contributed by atoms with Crippen molar-refractivity contribution in [3.05, 3.63) is 103 Å². The first kappa shape index (κ1) is 23.4. The van der Waals surface area contributed by atoms with Gasteiger partial charge in [0, 0.05) is 11.9 Å². The van der Waals surface area contributed by atoms with Crippen molar-refractivity contribution in [3.63, 3.8) is 0 Å². The zero-order chi connectivity index (χ0) is 22.8. The normalized spacial score (nSPS) is 11.3. The van der Waals surface area contributed by atoms with Crippen molar-refractivity contribution in [2.24, 2.45) is 0 Å². The van der Waals surface area contributed by atoms with Gasteiger partial charge < -0.3 is 9.64 Å². The van der Waals surface area contributed by atoms with E-state index >= 15 is 0 Å². The fourth-order valence-electron chi connectivity index (χ4n) is 3.86. The summed E-state index contributed by atoms with van der Waals surface area (Å²) in [6.07, 6.45) is 8.05. The lowest BCUT2D eigenvalue weighted by molar-refractivity contribution is 0.415. The van der Waals surface area contributed by atoms with Crippen LogP contribution in [0.5, 0.6) is 5.75 Å². The van der Waals surface area contributed by atoms with Crippen molar-refractivity contribution < 1.29 is 4.74 Å². The number of para-hydroxylation sites is 2. The third-order valence-corrected chi connectivity index (χ3v) is 5.77. The van der Waals surface area contributed by atoms with Gasteiger partial charge in [0.1, 0.15) is 5.75 Å². The molecule has 0 aliphatic carbocycles. The SMILES string of the molecule is C=C(CCCCCC)N(/C=C(\C)c1ccc(-c2ccccc2)cc1)c1ccccc1OC. The van der Waals surface area contributed by atoms with Crippen LogP contribution in [-0.2, 0) is 0 Å². The number of allylic oxidation sites excluding steroid dienone is 2. The van der Waals surface area contributed by atoms with Crippen molar-refractivity contribution in [1.82, 2.24) is 0 Å². The molecule has 0 atom stereocenters. The molecule has 0 fully saturated rings. The Morgan fingerprint density at radius 2 is 1.50 bits per heavy atom. The molecule has 0 aliphatic heterocycles. The number of methoxy groups -OCH3 is 1. The predicted molar refractivity (Wildman–Crippen MR) is 139 cm³/mol. The van der Waals surface area contributed by atoms with Crippen LogP contribution in [0.15, 0.2) is 97.3 Å². The summed E-state index contributed by atoms with van der Waals surface area (Å²) in [4.78, 5) is 2.20. The zero-order valence-corrected chi connectivity index (χ0v) is 19.7. The fourth-order valence-corrected chi connectivity index (χ4v) is 3.86. The van der Waals surface area contributed by atoms with E-state index in [2.05, 4.69) is 86.1 Å². The number of ether oxygens (including phenoxy) is 1. The van der Waals surface area contributed by atoms with E-state index in [1.54, 1.807) is 7.11 Å². The molecule has 0 unspecified atom stereocenters. The Bertz CT molecular complexity index is 1020. The van der Waals surface area contributed by atoms with Gasteiger partial charge >= 0.3 is 0 Å². The number of anilines is 1. The van der Waals surface area contributed by atoms with Crippen molar-refractivity contribution >= 4 is 11.3 Å². The Morgan fingerprint density at radius 3 is 2.19 bits per heavy atom. The van der Waals surface area contributed by atoms with E-state index in [0.717, 1.165) is 30.0 Å². The summed E-state index contributed by atoms with van der Waals surface area (Å²) in [5, 5.41) is 0. The van der Waals surface area contributed by atoms with Crippen LogP contribution in [0, 0.1) is 0 Å². The third kappa shape index (κ3) is 6.13. The molecule has 3 aromatic rings. The van der Waals surface area contributed by atoms with E-state index in [4.69, 9.17) is 4.74 Å². The van der Waals surface area contributed by atoms with Crippen molar-refractivity contribution in [2.75, 3.05) is 12.0 Å². The van der Waals surface area contributed by atoms with Gasteiger partial charge in [-0.2, -0.15) is 0 Å². The van der Waals surface area contributed by atoms with Gasteiger partial charge in [-0.3, -0.25) is 0 Å². The quantitative estimate of drug-likeness (QED) is 0.285. The Balaban J connectivity index is 1.87. The molecule has 3 rings (SSSR count). The molecule has 32 heavy (non-hydrogen) atoms. The molecule has 2 heteroatoms. The summed E-state index contributed by atoms with van der Waals surface area (Å²) in [7, 11) is 1.72. The average Bonchev–Trinajstić information content (AvgIpc) is 2.85. The second-order valence-corrected chi connectivity index (χ2v) is 8.17. The number of rotatable bonds is 11. The molecule has 0 bridgehead atoms. The summed E-state index contributed by atoms with van der Waals surface area (Å²) in [6.45, 7) is 8.83. The van der Waals surface area contributed by atoms with Crippen LogP contribution < -0.4 is 9.64 Å². The molecule has 166 valence electrons. The molecule has 3 aromatic carbocycles. The second kappa shape index (κ2) is 12.0. The van der Waals surface area contributed by atoms with Gasteiger partial charge in [-0.1, -0.05) is 99.5 Å². The molecule has 0 saturated heterocycles. The molecular weight excluding hydrogens is 390 g/mol. The maximum atomic E-state index is 5.66. The van der Waals surface area contributed by atoms with E-state index in [1.807, 2.05) is 24.3 Å². The van der Waals surface area contributed by atoms with E-state index in [0.29, 0.717) is 0 Å². The van der Waals surface area contributed by atoms with Gasteiger partial charge in [-0.25, -0.2) is 0 Å². The van der Waals surface area contributed by atoms with Gasteiger partial charge in [0.15, 0.2) is 0 Å². The number of unbranched alkanes of at least 4 members (excludes halogenated alkanes) is 3. The molecule has 0 heterocycles. The van der Waals surface area contributed by atoms with Crippen molar-refractivity contribution in [3.8, 4) is 16.9 Å². The van der Waals surface area contributed by atoms with E-state index in [1.165, 1.54) is 41.5 Å². The molecule has 2 nitrogen and oxygen atoms in total. The minimum atomic E-state index is 0.852. The number of hydrogen-bond acceptors (Lipinski definition) is 2. The Morgan fingerprint density at radius 1 is 0.844 bits per heavy atom. The van der Waals surface area contributed by atoms with Gasteiger partial charge in [0.2, 0.25) is 0 Å². The predicted octanol–water partition coefficient (Wildman–Crippen LogP) is 8.71. The summed E-state index contributed by atoms with van der Waals surface area (Å²) in [5.41, 5.74) is 6.95. The molecule has 0 amide bonds. The van der Waals surface area contributed by atoms with Gasteiger partial charge in [-0.15, -0.1) is 0 Å². The highest BCUT2D eigenvalue weighted by Gasteiger charge is 2.14. The second-order valence-electron chi connectivity index (χ2n) is 8.17. The minimum Gasteiger partial charge on any atom is -0.495 e. The molecule has 0 radical (unpaired) electrons. The van der Waals surface area contributed by atoms with Gasteiger partial charge in [-0.05, 0) is 54.2 Å². The summed E-state index contributed by atoms with van der Waals surface area (Å²) >= 11 is 0. The Hall–Kier alpha value is -3.26. The highest BCUT2D eigenvalue weighted by atomic mass is 16.5. The van der Waals surface area contributed by atoms with E-state index in [9.17, 15) is 0 Å². The molecule has 0 aliphatic rings. The fraction of sp³-hybridized carbons (Fsp3) is 0.267. The van der Waals surface area contributed by atoms with Crippen LogP contribution in [0.4, 0.5) is 5.69 Å².